The SMILES string of the molecule is COc1cc2sc(C(=O)CCC(=O)O)cc2c2ccsc12. The number of aliphatic carboxylic acids is 1. The Kier molecular flexibility index (Phi) is 3.65. The maximum absolute atomic E-state index is 12.1. The van der Waals surface area contributed by atoms with Gasteiger partial charge in [0.15, 0.2) is 5.78 Å². The van der Waals surface area contributed by atoms with Crippen molar-refractivity contribution in [3.8, 4) is 5.75 Å². The number of hydrogen-bond acceptors (Lipinski definition) is 5. The lowest BCUT2D eigenvalue weighted by Gasteiger charge is -2.01. The highest BCUT2D eigenvalue weighted by molar-refractivity contribution is 7.21. The second-order valence-corrected chi connectivity index (χ2v) is 6.58. The molecule has 2 aromatic heterocycles. The van der Waals surface area contributed by atoms with Crippen LogP contribution in [0.3, 0.4) is 0 Å². The Labute approximate surface area is 128 Å². The van der Waals surface area contributed by atoms with Crippen LogP contribution >= 0.6 is 22.7 Å². The standard InChI is InChI=1S/C15H12O4S2/c1-19-11-7-12-9(8-4-5-20-15(8)11)6-13(21-12)10(16)2-3-14(17)18/h4-7H,2-3H2,1H3,(H,17,18). The van der Waals surface area contributed by atoms with Crippen LogP contribution in [0, 0.1) is 0 Å². The van der Waals surface area contributed by atoms with Crippen molar-refractivity contribution in [2.24, 2.45) is 0 Å². The topological polar surface area (TPSA) is 63.6 Å². The van der Waals surface area contributed by atoms with Crippen molar-refractivity contribution in [2.45, 2.75) is 12.8 Å². The summed E-state index contributed by atoms with van der Waals surface area (Å²) in [5.74, 6) is -0.272. The first kappa shape index (κ1) is 14.0. The first-order valence-corrected chi connectivity index (χ1v) is 8.02. The van der Waals surface area contributed by atoms with E-state index in [9.17, 15) is 9.59 Å². The van der Waals surface area contributed by atoms with Gasteiger partial charge in [0, 0.05) is 21.9 Å². The summed E-state index contributed by atoms with van der Waals surface area (Å²) in [6.45, 7) is 0. The molecule has 3 aromatic rings. The Hall–Kier alpha value is -1.92. The number of rotatable bonds is 5. The number of ether oxygens (including phenoxy) is 1. The number of carbonyl (C=O) groups is 2. The smallest absolute Gasteiger partial charge is 0.303 e. The van der Waals surface area contributed by atoms with Crippen LogP contribution < -0.4 is 4.74 Å². The van der Waals surface area contributed by atoms with Crippen LogP contribution in [0.2, 0.25) is 0 Å². The Balaban J connectivity index is 2.07. The van der Waals surface area contributed by atoms with Crippen LogP contribution in [-0.2, 0) is 4.79 Å². The molecule has 1 aromatic carbocycles. The number of hydrogen-bond donors (Lipinski definition) is 1. The van der Waals surface area contributed by atoms with E-state index in [2.05, 4.69) is 0 Å². The van der Waals surface area contributed by atoms with Gasteiger partial charge in [-0.3, -0.25) is 9.59 Å². The van der Waals surface area contributed by atoms with Gasteiger partial charge in [-0.15, -0.1) is 22.7 Å². The number of carboxylic acids is 1. The molecule has 0 bridgehead atoms. The van der Waals surface area contributed by atoms with E-state index >= 15 is 0 Å². The Morgan fingerprint density at radius 3 is 2.76 bits per heavy atom. The molecule has 0 fully saturated rings. The van der Waals surface area contributed by atoms with Crippen molar-refractivity contribution in [3.05, 3.63) is 28.5 Å². The van der Waals surface area contributed by atoms with E-state index in [1.165, 1.54) is 11.3 Å². The van der Waals surface area contributed by atoms with E-state index in [4.69, 9.17) is 9.84 Å². The van der Waals surface area contributed by atoms with E-state index in [1.54, 1.807) is 18.4 Å². The van der Waals surface area contributed by atoms with E-state index in [0.29, 0.717) is 4.88 Å². The molecule has 21 heavy (non-hydrogen) atoms. The summed E-state index contributed by atoms with van der Waals surface area (Å²) < 4.78 is 7.44. The molecule has 0 aliphatic rings. The van der Waals surface area contributed by atoms with Crippen LogP contribution in [0.15, 0.2) is 23.6 Å². The van der Waals surface area contributed by atoms with Gasteiger partial charge < -0.3 is 9.84 Å². The van der Waals surface area contributed by atoms with Gasteiger partial charge in [0.2, 0.25) is 0 Å². The average Bonchev–Trinajstić information content (AvgIpc) is 3.09. The lowest BCUT2D eigenvalue weighted by atomic mass is 10.1. The minimum absolute atomic E-state index is 0.0338. The van der Waals surface area contributed by atoms with E-state index < -0.39 is 5.97 Å². The second-order valence-electron chi connectivity index (χ2n) is 4.58. The van der Waals surface area contributed by atoms with Crippen LogP contribution in [0.5, 0.6) is 5.75 Å². The van der Waals surface area contributed by atoms with E-state index in [0.717, 1.165) is 25.9 Å². The predicted octanol–water partition coefficient (Wildman–Crippen LogP) is 4.17. The molecular formula is C15H12O4S2. The normalized spacial score (nSPS) is 11.1. The zero-order valence-electron chi connectivity index (χ0n) is 11.2. The zero-order chi connectivity index (χ0) is 15.0. The monoisotopic (exact) mass is 320 g/mol. The maximum atomic E-state index is 12.1. The average molecular weight is 320 g/mol. The summed E-state index contributed by atoms with van der Waals surface area (Å²) in [4.78, 5) is 23.2. The van der Waals surface area contributed by atoms with Crippen LogP contribution in [0.25, 0.3) is 20.2 Å². The number of ketones is 1. The molecule has 0 saturated heterocycles. The number of benzene rings is 1. The van der Waals surface area contributed by atoms with Gasteiger partial charge in [0.1, 0.15) is 5.75 Å². The maximum Gasteiger partial charge on any atom is 0.303 e. The summed E-state index contributed by atoms with van der Waals surface area (Å²) in [5, 5.41) is 12.8. The van der Waals surface area contributed by atoms with Crippen molar-refractivity contribution >= 4 is 54.6 Å². The van der Waals surface area contributed by atoms with Crippen LogP contribution in [-0.4, -0.2) is 24.0 Å². The molecule has 1 N–H and O–H groups in total. The largest absolute Gasteiger partial charge is 0.495 e. The van der Waals surface area contributed by atoms with Gasteiger partial charge in [0.25, 0.3) is 0 Å². The number of Topliss-reactive ketones (excluding diaryl/α,β-unsaturated/α-hetero) is 1. The molecule has 3 rings (SSSR count). The third-order valence-electron chi connectivity index (χ3n) is 3.26. The third kappa shape index (κ3) is 2.52. The quantitative estimate of drug-likeness (QED) is 0.717. The zero-order valence-corrected chi connectivity index (χ0v) is 12.8. The van der Waals surface area contributed by atoms with Gasteiger partial charge in [-0.1, -0.05) is 0 Å². The first-order valence-electron chi connectivity index (χ1n) is 6.33. The molecule has 0 atom stereocenters. The molecule has 0 radical (unpaired) electrons. The van der Waals surface area contributed by atoms with E-state index in [1.807, 2.05) is 23.6 Å². The van der Waals surface area contributed by atoms with Gasteiger partial charge >= 0.3 is 5.97 Å². The number of thiophene rings is 2. The summed E-state index contributed by atoms with van der Waals surface area (Å²) in [6, 6.07) is 5.81. The highest BCUT2D eigenvalue weighted by atomic mass is 32.1. The number of carboxylic acid groups (broad SMARTS) is 1. The molecule has 6 heteroatoms. The lowest BCUT2D eigenvalue weighted by molar-refractivity contribution is -0.136. The van der Waals surface area contributed by atoms with Crippen molar-refractivity contribution in [3.63, 3.8) is 0 Å². The van der Waals surface area contributed by atoms with E-state index in [-0.39, 0.29) is 18.6 Å². The fourth-order valence-electron chi connectivity index (χ4n) is 2.25. The van der Waals surface area contributed by atoms with Crippen molar-refractivity contribution in [1.29, 1.82) is 0 Å². The Morgan fingerprint density at radius 1 is 1.24 bits per heavy atom. The summed E-state index contributed by atoms with van der Waals surface area (Å²) in [5.41, 5.74) is 0. The highest BCUT2D eigenvalue weighted by Gasteiger charge is 2.16. The molecule has 2 heterocycles. The first-order chi connectivity index (χ1) is 10.1. The van der Waals surface area contributed by atoms with Gasteiger partial charge in [0.05, 0.1) is 23.1 Å². The fourth-order valence-corrected chi connectivity index (χ4v) is 4.23. The molecular weight excluding hydrogens is 308 g/mol. The Morgan fingerprint density at radius 2 is 2.05 bits per heavy atom. The van der Waals surface area contributed by atoms with Crippen molar-refractivity contribution < 1.29 is 19.4 Å². The van der Waals surface area contributed by atoms with Crippen LogP contribution in [0.4, 0.5) is 0 Å². The highest BCUT2D eigenvalue weighted by Crippen LogP contribution is 2.40. The van der Waals surface area contributed by atoms with Gasteiger partial charge in [-0.05, 0) is 23.6 Å². The lowest BCUT2D eigenvalue weighted by Crippen LogP contribution is -2.01. The second kappa shape index (κ2) is 5.46. The number of methoxy groups -OCH3 is 1. The summed E-state index contributed by atoms with van der Waals surface area (Å²) in [7, 11) is 1.63. The molecule has 0 unspecified atom stereocenters. The Bertz CT molecular complexity index is 844. The number of fused-ring (bicyclic) bond motifs is 3. The van der Waals surface area contributed by atoms with Gasteiger partial charge in [-0.25, -0.2) is 0 Å². The minimum atomic E-state index is -0.952. The summed E-state index contributed by atoms with van der Waals surface area (Å²) >= 11 is 2.99. The number of carbonyl (C=O) groups excluding carboxylic acids is 1. The molecule has 0 aliphatic carbocycles. The van der Waals surface area contributed by atoms with Crippen molar-refractivity contribution in [2.75, 3.05) is 7.11 Å². The minimum Gasteiger partial charge on any atom is -0.495 e. The predicted molar refractivity (Wildman–Crippen MR) is 85.0 cm³/mol. The molecule has 4 nitrogen and oxygen atoms in total. The third-order valence-corrected chi connectivity index (χ3v) is 5.31. The molecule has 108 valence electrons. The van der Waals surface area contributed by atoms with Crippen LogP contribution in [0.1, 0.15) is 22.5 Å². The van der Waals surface area contributed by atoms with Crippen molar-refractivity contribution in [1.82, 2.24) is 0 Å². The summed E-state index contributed by atoms with van der Waals surface area (Å²) in [6.07, 6.45) is -0.101. The molecule has 0 saturated carbocycles. The molecule has 0 spiro atoms. The van der Waals surface area contributed by atoms with Gasteiger partial charge in [-0.2, -0.15) is 0 Å². The fraction of sp³-hybridized carbons (Fsp3) is 0.200. The molecule has 0 amide bonds. The molecule has 0 aliphatic heterocycles.